The van der Waals surface area contributed by atoms with Gasteiger partial charge in [0.05, 0.1) is 12.2 Å². The van der Waals surface area contributed by atoms with Crippen LogP contribution < -0.4 is 9.64 Å². The van der Waals surface area contributed by atoms with Crippen LogP contribution in [0.3, 0.4) is 0 Å². The van der Waals surface area contributed by atoms with Gasteiger partial charge in [-0.15, -0.1) is 0 Å². The van der Waals surface area contributed by atoms with Crippen molar-refractivity contribution in [2.45, 2.75) is 39.7 Å². The van der Waals surface area contributed by atoms with Gasteiger partial charge in [0.2, 0.25) is 5.71 Å². The van der Waals surface area contributed by atoms with Crippen molar-refractivity contribution in [3.05, 3.63) is 59.2 Å². The van der Waals surface area contributed by atoms with Crippen LogP contribution in [0, 0.1) is 6.92 Å². The van der Waals surface area contributed by atoms with Crippen LogP contribution in [-0.2, 0) is 11.3 Å². The molecule has 1 amide bonds. The minimum absolute atomic E-state index is 0.134. The first-order valence-corrected chi connectivity index (χ1v) is 9.09. The molecule has 0 aliphatic carbocycles. The van der Waals surface area contributed by atoms with Gasteiger partial charge in [0.15, 0.2) is 0 Å². The third-order valence-electron chi connectivity index (χ3n) is 4.67. The standard InChI is InChI=1S/C21H24N2O3/c1-3-4-5-12-26-17-9-7-16(8-10-17)14-23-19-11-6-15(2)13-18(19)20(22-25)21(23)24/h6-11,13,25H,3-5,12,14H2,1-2H3/p+1. The van der Waals surface area contributed by atoms with Crippen molar-refractivity contribution in [1.29, 1.82) is 0 Å². The Morgan fingerprint density at radius 1 is 1.12 bits per heavy atom. The second-order valence-corrected chi connectivity index (χ2v) is 6.68. The number of hydrogen-bond donors (Lipinski definition) is 2. The first-order chi connectivity index (χ1) is 12.6. The zero-order valence-electron chi connectivity index (χ0n) is 15.3. The highest BCUT2D eigenvalue weighted by atomic mass is 16.5. The number of quaternary nitrogens is 1. The lowest BCUT2D eigenvalue weighted by atomic mass is 10.1. The fourth-order valence-electron chi connectivity index (χ4n) is 3.23. The highest BCUT2D eigenvalue weighted by Crippen LogP contribution is 2.20. The Kier molecular flexibility index (Phi) is 5.68. The molecule has 0 radical (unpaired) electrons. The zero-order valence-corrected chi connectivity index (χ0v) is 15.3. The number of nitrogens with one attached hydrogen (secondary N) is 1. The molecule has 0 saturated carbocycles. The van der Waals surface area contributed by atoms with E-state index < -0.39 is 0 Å². The fraction of sp³-hybridized carbons (Fsp3) is 0.333. The van der Waals surface area contributed by atoms with Crippen molar-refractivity contribution in [2.75, 3.05) is 6.61 Å². The Hall–Kier alpha value is -2.66. The van der Waals surface area contributed by atoms with Gasteiger partial charge >= 0.3 is 5.91 Å². The molecule has 1 atom stereocenters. The van der Waals surface area contributed by atoms with Gasteiger partial charge in [0, 0.05) is 11.6 Å². The van der Waals surface area contributed by atoms with Crippen molar-refractivity contribution in [2.24, 2.45) is 5.16 Å². The van der Waals surface area contributed by atoms with Crippen molar-refractivity contribution >= 4 is 17.3 Å². The molecule has 2 N–H and O–H groups in total. The third-order valence-corrected chi connectivity index (χ3v) is 4.67. The Balaban J connectivity index is 1.72. The largest absolute Gasteiger partial charge is 0.494 e. The van der Waals surface area contributed by atoms with E-state index in [9.17, 15) is 10.0 Å². The molecule has 26 heavy (non-hydrogen) atoms. The molecule has 0 saturated heterocycles. The van der Waals surface area contributed by atoms with Crippen molar-refractivity contribution in [1.82, 2.24) is 0 Å². The molecule has 0 aromatic heterocycles. The summed E-state index contributed by atoms with van der Waals surface area (Å²) in [5.41, 5.74) is 3.76. The molecule has 1 aliphatic rings. The van der Waals surface area contributed by atoms with Gasteiger partial charge < -0.3 is 9.94 Å². The maximum atomic E-state index is 12.6. The zero-order chi connectivity index (χ0) is 18.5. The van der Waals surface area contributed by atoms with Gasteiger partial charge in [-0.25, -0.2) is 9.69 Å². The van der Waals surface area contributed by atoms with E-state index in [-0.39, 0.29) is 11.6 Å². The molecule has 0 fully saturated rings. The van der Waals surface area contributed by atoms with Crippen LogP contribution in [0.1, 0.15) is 42.9 Å². The van der Waals surface area contributed by atoms with E-state index in [1.54, 1.807) is 0 Å². The number of aryl methyl sites for hydroxylation is 1. The molecular formula is C21H25N2O3+. The second-order valence-electron chi connectivity index (χ2n) is 6.68. The Labute approximate surface area is 153 Å². The highest BCUT2D eigenvalue weighted by Gasteiger charge is 2.40. The summed E-state index contributed by atoms with van der Waals surface area (Å²) < 4.78 is 5.73. The van der Waals surface area contributed by atoms with E-state index in [0.717, 1.165) is 35.6 Å². The minimum atomic E-state index is -0.201. The predicted octanol–water partition coefficient (Wildman–Crippen LogP) is 3.00. The van der Waals surface area contributed by atoms with Crippen LogP contribution in [0.2, 0.25) is 0 Å². The molecule has 136 valence electrons. The Morgan fingerprint density at radius 3 is 2.58 bits per heavy atom. The predicted molar refractivity (Wildman–Crippen MR) is 100 cm³/mol. The molecule has 3 rings (SSSR count). The molecule has 2 aromatic rings. The topological polar surface area (TPSA) is 63.3 Å². The summed E-state index contributed by atoms with van der Waals surface area (Å²) >= 11 is 0. The van der Waals surface area contributed by atoms with Crippen LogP contribution in [0.15, 0.2) is 47.6 Å². The van der Waals surface area contributed by atoms with Crippen LogP contribution in [0.4, 0.5) is 5.69 Å². The number of oxime groups is 1. The number of unbranched alkanes of at least 4 members (excludes halogenated alkanes) is 2. The minimum Gasteiger partial charge on any atom is -0.494 e. The Morgan fingerprint density at radius 2 is 1.88 bits per heavy atom. The van der Waals surface area contributed by atoms with Crippen LogP contribution in [-0.4, -0.2) is 23.4 Å². The monoisotopic (exact) mass is 353 g/mol. The van der Waals surface area contributed by atoms with Crippen LogP contribution in [0.5, 0.6) is 5.75 Å². The lowest BCUT2D eigenvalue weighted by Gasteiger charge is -2.12. The average molecular weight is 353 g/mol. The maximum Gasteiger partial charge on any atom is 0.372 e. The molecule has 0 spiro atoms. The van der Waals surface area contributed by atoms with Crippen LogP contribution >= 0.6 is 0 Å². The van der Waals surface area contributed by atoms with Gasteiger partial charge in [0.25, 0.3) is 0 Å². The molecular weight excluding hydrogens is 328 g/mol. The van der Waals surface area contributed by atoms with Crippen LogP contribution in [0.25, 0.3) is 0 Å². The van der Waals surface area contributed by atoms with Crippen molar-refractivity contribution < 1.29 is 19.6 Å². The van der Waals surface area contributed by atoms with E-state index in [1.807, 2.05) is 49.4 Å². The molecule has 1 aliphatic heterocycles. The second kappa shape index (κ2) is 8.15. The number of hydrogen-bond acceptors (Lipinski definition) is 4. The van der Waals surface area contributed by atoms with E-state index in [1.165, 1.54) is 12.8 Å². The Bertz CT molecular complexity index is 813. The number of carbonyl (C=O) groups is 1. The fourth-order valence-corrected chi connectivity index (χ4v) is 3.23. The summed E-state index contributed by atoms with van der Waals surface area (Å²) in [6, 6.07) is 13.6. The summed E-state index contributed by atoms with van der Waals surface area (Å²) in [4.78, 5) is 13.3. The first kappa shape index (κ1) is 18.1. The number of amides is 1. The van der Waals surface area contributed by atoms with E-state index in [4.69, 9.17) is 4.74 Å². The number of rotatable bonds is 7. The van der Waals surface area contributed by atoms with Gasteiger partial charge in [-0.2, -0.15) is 0 Å². The van der Waals surface area contributed by atoms with E-state index >= 15 is 0 Å². The summed E-state index contributed by atoms with van der Waals surface area (Å²) in [7, 11) is 0. The first-order valence-electron chi connectivity index (χ1n) is 9.09. The number of carbonyl (C=O) groups excluding carboxylic acids is 1. The highest BCUT2D eigenvalue weighted by molar-refractivity contribution is 6.45. The molecule has 2 aromatic carbocycles. The number of benzene rings is 2. The van der Waals surface area contributed by atoms with Crippen molar-refractivity contribution in [3.63, 3.8) is 0 Å². The summed E-state index contributed by atoms with van der Waals surface area (Å²) in [5.74, 6) is 0.647. The maximum absolute atomic E-state index is 12.6. The van der Waals surface area contributed by atoms with Gasteiger partial charge in [-0.1, -0.05) is 31.0 Å². The molecule has 1 heterocycles. The molecule has 1 unspecified atom stereocenters. The van der Waals surface area contributed by atoms with Crippen molar-refractivity contribution in [3.8, 4) is 5.75 Å². The summed E-state index contributed by atoms with van der Waals surface area (Å²) in [6.07, 6.45) is 3.41. The lowest BCUT2D eigenvalue weighted by molar-refractivity contribution is -0.757. The third kappa shape index (κ3) is 3.78. The lowest BCUT2D eigenvalue weighted by Crippen LogP contribution is -3.07. The molecule has 5 nitrogen and oxygen atoms in total. The molecule has 0 bridgehead atoms. The quantitative estimate of drug-likeness (QED) is 0.457. The number of fused-ring (bicyclic) bond motifs is 1. The van der Waals surface area contributed by atoms with Gasteiger partial charge in [-0.05, 0) is 49.2 Å². The summed E-state index contributed by atoms with van der Waals surface area (Å²) in [6.45, 7) is 5.36. The SMILES string of the molecule is CCCCCOc1ccc(C[NH+]2C(=O)C(=NO)c3cc(C)ccc32)cc1. The summed E-state index contributed by atoms with van der Waals surface area (Å²) in [5, 5.41) is 12.5. The van der Waals surface area contributed by atoms with Gasteiger partial charge in [0.1, 0.15) is 18.0 Å². The number of ether oxygens (including phenoxy) is 1. The van der Waals surface area contributed by atoms with E-state index in [2.05, 4.69) is 12.1 Å². The normalized spacial score (nSPS) is 17.5. The van der Waals surface area contributed by atoms with E-state index in [0.29, 0.717) is 17.0 Å². The average Bonchev–Trinajstić information content (AvgIpc) is 2.90. The van der Waals surface area contributed by atoms with Gasteiger partial charge in [-0.3, -0.25) is 0 Å². The smallest absolute Gasteiger partial charge is 0.372 e. The number of nitrogens with zero attached hydrogens (tertiary/aromatic N) is 1. The molecule has 5 heteroatoms.